The molecule has 0 radical (unpaired) electrons. The van der Waals surface area contributed by atoms with Crippen molar-refractivity contribution in [2.24, 2.45) is 0 Å². The Kier molecular flexibility index (Phi) is 4.04. The Bertz CT molecular complexity index is 321. The maximum Gasteiger partial charge on any atom is 0.212 e. The van der Waals surface area contributed by atoms with Crippen molar-refractivity contribution >= 4 is 18.0 Å². The summed E-state index contributed by atoms with van der Waals surface area (Å²) in [6.07, 6.45) is 4.71. The van der Waals surface area contributed by atoms with Gasteiger partial charge in [0.1, 0.15) is 0 Å². The molecule has 0 aromatic carbocycles. The van der Waals surface area contributed by atoms with Crippen molar-refractivity contribution in [3.8, 4) is 0 Å². The van der Waals surface area contributed by atoms with Gasteiger partial charge in [-0.25, -0.2) is 4.98 Å². The van der Waals surface area contributed by atoms with Gasteiger partial charge >= 0.3 is 0 Å². The molecule has 1 aromatic heterocycles. The lowest BCUT2D eigenvalue weighted by molar-refractivity contribution is 0.583. The Morgan fingerprint density at radius 1 is 1.36 bits per heavy atom. The summed E-state index contributed by atoms with van der Waals surface area (Å²) < 4.78 is 12.5. The predicted octanol–water partition coefficient (Wildman–Crippen LogP) is 2.02. The van der Waals surface area contributed by atoms with Gasteiger partial charge in [0.2, 0.25) is 5.95 Å². The Hall–Kier alpha value is -0.930. The highest BCUT2D eigenvalue weighted by molar-refractivity contribution is 5.85. The summed E-state index contributed by atoms with van der Waals surface area (Å²) in [6.45, 7) is 1.88. The molecule has 0 unspecified atom stereocenters. The van der Waals surface area contributed by atoms with Crippen LogP contribution in [-0.4, -0.2) is 18.1 Å². The molecule has 14 heavy (non-hydrogen) atoms. The number of pyridine rings is 1. The van der Waals surface area contributed by atoms with Crippen molar-refractivity contribution in [3.05, 3.63) is 35.9 Å². The van der Waals surface area contributed by atoms with Crippen LogP contribution in [-0.2, 0) is 0 Å². The zero-order chi connectivity index (χ0) is 9.10. The zero-order valence-electron chi connectivity index (χ0n) is 7.66. The van der Waals surface area contributed by atoms with E-state index >= 15 is 0 Å². The second kappa shape index (κ2) is 5.08. The van der Waals surface area contributed by atoms with Crippen LogP contribution in [0, 0.1) is 5.95 Å². The van der Waals surface area contributed by atoms with Crippen LogP contribution in [0.4, 0.5) is 4.39 Å². The molecule has 0 saturated carbocycles. The molecule has 1 aromatic rings. The zero-order valence-corrected chi connectivity index (χ0v) is 8.48. The monoisotopic (exact) mass is 214 g/mol. The van der Waals surface area contributed by atoms with E-state index in [1.165, 1.54) is 11.6 Å². The molecule has 0 spiro atoms. The third kappa shape index (κ3) is 2.53. The molecule has 2 rings (SSSR count). The first-order valence-electron chi connectivity index (χ1n) is 4.38. The Morgan fingerprint density at radius 2 is 2.21 bits per heavy atom. The lowest BCUT2D eigenvalue weighted by Gasteiger charge is -2.13. The summed E-state index contributed by atoms with van der Waals surface area (Å²) in [5, 5.41) is 3.22. The largest absolute Gasteiger partial charge is 0.313 e. The topological polar surface area (TPSA) is 24.9 Å². The highest BCUT2D eigenvalue weighted by atomic mass is 35.5. The van der Waals surface area contributed by atoms with Crippen molar-refractivity contribution in [1.29, 1.82) is 0 Å². The summed E-state index contributed by atoms with van der Waals surface area (Å²) >= 11 is 0. The van der Waals surface area contributed by atoms with Gasteiger partial charge in [0.05, 0.1) is 0 Å². The Morgan fingerprint density at radius 3 is 2.79 bits per heavy atom. The van der Waals surface area contributed by atoms with Gasteiger partial charge in [-0.05, 0) is 36.2 Å². The van der Waals surface area contributed by atoms with E-state index in [2.05, 4.69) is 16.4 Å². The van der Waals surface area contributed by atoms with Crippen molar-refractivity contribution in [2.45, 2.75) is 6.42 Å². The molecule has 1 aliphatic rings. The fourth-order valence-electron chi connectivity index (χ4n) is 1.45. The summed E-state index contributed by atoms with van der Waals surface area (Å²) in [5.41, 5.74) is 2.29. The minimum Gasteiger partial charge on any atom is -0.313 e. The molecule has 0 saturated heterocycles. The molecule has 76 valence electrons. The molecule has 2 heterocycles. The van der Waals surface area contributed by atoms with Crippen LogP contribution in [0.1, 0.15) is 12.0 Å². The van der Waals surface area contributed by atoms with Crippen LogP contribution in [0.3, 0.4) is 0 Å². The minimum atomic E-state index is -0.418. The molecule has 0 aliphatic carbocycles. The average Bonchev–Trinajstić information content (AvgIpc) is 2.20. The van der Waals surface area contributed by atoms with Crippen molar-refractivity contribution in [3.63, 3.8) is 0 Å². The van der Waals surface area contributed by atoms with Gasteiger partial charge in [-0.1, -0.05) is 6.08 Å². The van der Waals surface area contributed by atoms with Gasteiger partial charge in [0.15, 0.2) is 0 Å². The first-order valence-corrected chi connectivity index (χ1v) is 4.38. The second-order valence-electron chi connectivity index (χ2n) is 3.05. The maximum atomic E-state index is 12.5. The lowest BCUT2D eigenvalue weighted by atomic mass is 10.0. The maximum absolute atomic E-state index is 12.5. The number of aromatic nitrogens is 1. The van der Waals surface area contributed by atoms with Crippen LogP contribution in [0.25, 0.3) is 5.57 Å². The molecular formula is C10H12ClFN2. The quantitative estimate of drug-likeness (QED) is 0.724. The smallest absolute Gasteiger partial charge is 0.212 e. The Balaban J connectivity index is 0.000000980. The van der Waals surface area contributed by atoms with E-state index in [0.717, 1.165) is 25.1 Å². The molecule has 4 heteroatoms. The number of rotatable bonds is 1. The van der Waals surface area contributed by atoms with Gasteiger partial charge < -0.3 is 5.32 Å². The SMILES string of the molecule is Cl.Fc1ccc(C2=CCNCC2)cn1. The fraction of sp³-hybridized carbons (Fsp3) is 0.300. The molecule has 0 bridgehead atoms. The van der Waals surface area contributed by atoms with Gasteiger partial charge in [-0.3, -0.25) is 0 Å². The van der Waals surface area contributed by atoms with Crippen molar-refractivity contribution in [1.82, 2.24) is 10.3 Å². The average molecular weight is 215 g/mol. The summed E-state index contributed by atoms with van der Waals surface area (Å²) in [6, 6.07) is 3.18. The number of nitrogens with zero attached hydrogens (tertiary/aromatic N) is 1. The van der Waals surface area contributed by atoms with Gasteiger partial charge in [-0.2, -0.15) is 4.39 Å². The summed E-state index contributed by atoms with van der Waals surface area (Å²) in [4.78, 5) is 3.63. The van der Waals surface area contributed by atoms with Gasteiger partial charge in [0.25, 0.3) is 0 Å². The van der Waals surface area contributed by atoms with E-state index in [1.807, 2.05) is 0 Å². The number of nitrogens with one attached hydrogen (secondary N) is 1. The third-order valence-corrected chi connectivity index (χ3v) is 2.16. The van der Waals surface area contributed by atoms with Crippen LogP contribution >= 0.6 is 12.4 Å². The first kappa shape index (κ1) is 11.1. The number of hydrogen-bond acceptors (Lipinski definition) is 2. The van der Waals surface area contributed by atoms with Gasteiger partial charge in [-0.15, -0.1) is 12.4 Å². The fourth-order valence-corrected chi connectivity index (χ4v) is 1.45. The molecule has 0 amide bonds. The summed E-state index contributed by atoms with van der Waals surface area (Å²) in [7, 11) is 0. The van der Waals surface area contributed by atoms with Crippen LogP contribution in [0.5, 0.6) is 0 Å². The highest BCUT2D eigenvalue weighted by Crippen LogP contribution is 2.18. The van der Waals surface area contributed by atoms with E-state index in [9.17, 15) is 4.39 Å². The third-order valence-electron chi connectivity index (χ3n) is 2.16. The molecular weight excluding hydrogens is 203 g/mol. The van der Waals surface area contributed by atoms with E-state index in [4.69, 9.17) is 0 Å². The highest BCUT2D eigenvalue weighted by Gasteiger charge is 2.05. The lowest BCUT2D eigenvalue weighted by Crippen LogP contribution is -2.20. The number of halogens is 2. The van der Waals surface area contributed by atoms with Crippen molar-refractivity contribution < 1.29 is 4.39 Å². The molecule has 1 N–H and O–H groups in total. The van der Waals surface area contributed by atoms with E-state index in [-0.39, 0.29) is 12.4 Å². The van der Waals surface area contributed by atoms with Crippen LogP contribution in [0.15, 0.2) is 24.4 Å². The standard InChI is InChI=1S/C10H11FN2.ClH/c11-10-2-1-9(7-13-10)8-3-5-12-6-4-8;/h1-3,7,12H,4-6H2;1H. The molecule has 2 nitrogen and oxygen atoms in total. The molecule has 0 atom stereocenters. The minimum absolute atomic E-state index is 0. The predicted molar refractivity (Wildman–Crippen MR) is 56.9 cm³/mol. The van der Waals surface area contributed by atoms with Crippen LogP contribution < -0.4 is 5.32 Å². The van der Waals surface area contributed by atoms with E-state index in [0.29, 0.717) is 0 Å². The second-order valence-corrected chi connectivity index (χ2v) is 3.05. The molecule has 0 fully saturated rings. The first-order chi connectivity index (χ1) is 6.36. The summed E-state index contributed by atoms with van der Waals surface area (Å²) in [5.74, 6) is -0.418. The van der Waals surface area contributed by atoms with E-state index < -0.39 is 5.95 Å². The Labute approximate surface area is 88.6 Å². The number of hydrogen-bond donors (Lipinski definition) is 1. The van der Waals surface area contributed by atoms with Crippen LogP contribution in [0.2, 0.25) is 0 Å². The van der Waals surface area contributed by atoms with Gasteiger partial charge in [0, 0.05) is 12.7 Å². The van der Waals surface area contributed by atoms with Crippen molar-refractivity contribution in [2.75, 3.05) is 13.1 Å². The van der Waals surface area contributed by atoms with E-state index in [1.54, 1.807) is 12.3 Å². The normalized spacial score (nSPS) is 15.6. The molecule has 1 aliphatic heterocycles.